The predicted molar refractivity (Wildman–Crippen MR) is 72.0 cm³/mol. The van der Waals surface area contributed by atoms with Gasteiger partial charge in [0.2, 0.25) is 0 Å². The van der Waals surface area contributed by atoms with Crippen molar-refractivity contribution in [2.75, 3.05) is 6.54 Å². The van der Waals surface area contributed by atoms with Crippen LogP contribution in [-0.4, -0.2) is 21.0 Å². The first-order valence-corrected chi connectivity index (χ1v) is 7.99. The van der Waals surface area contributed by atoms with Crippen molar-refractivity contribution in [1.29, 1.82) is 0 Å². The van der Waals surface area contributed by atoms with E-state index in [2.05, 4.69) is 5.32 Å². The topological polar surface area (TPSA) is 46.2 Å². The van der Waals surface area contributed by atoms with E-state index in [1.165, 1.54) is 30.2 Å². The van der Waals surface area contributed by atoms with E-state index in [-0.39, 0.29) is 0 Å². The van der Waals surface area contributed by atoms with Crippen molar-refractivity contribution in [3.05, 3.63) is 34.7 Å². The number of sulfone groups is 1. The Hall–Kier alpha value is -1.13. The monoisotopic (exact) mass is 263 g/mol. The van der Waals surface area contributed by atoms with Gasteiger partial charge in [-0.05, 0) is 49.1 Å². The molecule has 1 fully saturated rings. The van der Waals surface area contributed by atoms with Crippen LogP contribution in [0.4, 0.5) is 0 Å². The molecule has 2 heterocycles. The summed E-state index contributed by atoms with van der Waals surface area (Å²) < 4.78 is 23.3. The van der Waals surface area contributed by atoms with E-state index in [1.54, 1.807) is 12.1 Å². The minimum absolute atomic E-state index is 0.447. The zero-order chi connectivity index (χ0) is 12.6. The van der Waals surface area contributed by atoms with Crippen molar-refractivity contribution in [2.45, 2.75) is 36.6 Å². The van der Waals surface area contributed by atoms with Gasteiger partial charge in [-0.15, -0.1) is 0 Å². The zero-order valence-electron chi connectivity index (χ0n) is 10.2. The summed E-state index contributed by atoms with van der Waals surface area (Å²) in [5, 5.41) is 4.81. The predicted octanol–water partition coefficient (Wildman–Crippen LogP) is 2.13. The van der Waals surface area contributed by atoms with Crippen LogP contribution in [0.2, 0.25) is 0 Å². The number of hydrogen-bond donors (Lipinski definition) is 1. The number of fused-ring (bicyclic) bond motifs is 1. The van der Waals surface area contributed by atoms with E-state index >= 15 is 0 Å². The molecule has 3 nitrogen and oxygen atoms in total. The van der Waals surface area contributed by atoms with Crippen LogP contribution >= 0.6 is 0 Å². The van der Waals surface area contributed by atoms with Crippen LogP contribution in [-0.2, 0) is 16.3 Å². The third kappa shape index (κ3) is 2.22. The number of hydrogen-bond acceptors (Lipinski definition) is 3. The smallest absolute Gasteiger partial charge is 0.200 e. The fraction of sp³-hybridized carbons (Fsp3) is 0.429. The van der Waals surface area contributed by atoms with Crippen molar-refractivity contribution < 1.29 is 8.42 Å². The molecule has 1 aromatic rings. The van der Waals surface area contributed by atoms with Crippen LogP contribution in [0.5, 0.6) is 0 Å². The van der Waals surface area contributed by atoms with Crippen LogP contribution in [0.15, 0.2) is 28.5 Å². The van der Waals surface area contributed by atoms with E-state index < -0.39 is 9.84 Å². The van der Waals surface area contributed by atoms with Gasteiger partial charge in [0, 0.05) is 11.4 Å². The molecular formula is C14H17NO2S. The first-order chi connectivity index (χ1) is 8.65. The largest absolute Gasteiger partial charge is 0.314 e. The van der Waals surface area contributed by atoms with Crippen LogP contribution in [0.1, 0.15) is 30.4 Å². The molecule has 2 aliphatic heterocycles. The molecule has 96 valence electrons. The molecule has 1 atom stereocenters. The van der Waals surface area contributed by atoms with E-state index in [1.807, 2.05) is 12.1 Å². The van der Waals surface area contributed by atoms with E-state index in [9.17, 15) is 8.42 Å². The van der Waals surface area contributed by atoms with Crippen LogP contribution in [0.25, 0.3) is 6.08 Å². The quantitative estimate of drug-likeness (QED) is 0.889. The molecule has 0 saturated carbocycles. The Balaban J connectivity index is 1.81. The number of rotatable bonds is 2. The van der Waals surface area contributed by atoms with E-state index in [0.717, 1.165) is 18.5 Å². The normalized spacial score (nSPS) is 25.0. The van der Waals surface area contributed by atoms with Gasteiger partial charge in [-0.1, -0.05) is 18.6 Å². The van der Waals surface area contributed by atoms with Gasteiger partial charge < -0.3 is 5.32 Å². The Morgan fingerprint density at radius 3 is 2.94 bits per heavy atom. The molecule has 0 aromatic heterocycles. The van der Waals surface area contributed by atoms with Crippen molar-refractivity contribution in [3.63, 3.8) is 0 Å². The van der Waals surface area contributed by atoms with Gasteiger partial charge in [-0.2, -0.15) is 0 Å². The van der Waals surface area contributed by atoms with E-state index in [4.69, 9.17) is 0 Å². The Morgan fingerprint density at radius 1 is 1.28 bits per heavy atom. The fourth-order valence-corrected chi connectivity index (χ4v) is 3.92. The molecule has 2 aliphatic rings. The molecule has 1 N–H and O–H groups in total. The summed E-state index contributed by atoms with van der Waals surface area (Å²) in [7, 11) is -3.15. The lowest BCUT2D eigenvalue weighted by Crippen LogP contribution is -2.35. The second-order valence-electron chi connectivity index (χ2n) is 5.07. The summed E-state index contributed by atoms with van der Waals surface area (Å²) >= 11 is 0. The minimum Gasteiger partial charge on any atom is -0.314 e. The number of benzene rings is 1. The maximum absolute atomic E-state index is 11.7. The van der Waals surface area contributed by atoms with Gasteiger partial charge in [0.1, 0.15) is 0 Å². The molecule has 0 bridgehead atoms. The Bertz CT molecular complexity index is 584. The standard InChI is InChI=1S/C14H17NO2S/c16-18(17)8-6-12-9-11(4-5-14(12)18)10-13-3-1-2-7-15-13/h4-6,8-9,13,15H,1-3,7,10H2. The van der Waals surface area contributed by atoms with Crippen molar-refractivity contribution >= 4 is 15.9 Å². The molecule has 4 heteroatoms. The lowest BCUT2D eigenvalue weighted by Gasteiger charge is -2.23. The fourth-order valence-electron chi connectivity index (χ4n) is 2.73. The van der Waals surface area contributed by atoms with Gasteiger partial charge in [0.05, 0.1) is 4.90 Å². The first-order valence-electron chi connectivity index (χ1n) is 6.45. The Kier molecular flexibility index (Phi) is 2.99. The van der Waals surface area contributed by atoms with Gasteiger partial charge in [0.15, 0.2) is 9.84 Å². The first kappa shape index (κ1) is 11.9. The van der Waals surface area contributed by atoms with Gasteiger partial charge in [-0.25, -0.2) is 8.42 Å². The lowest BCUT2D eigenvalue weighted by molar-refractivity contribution is 0.399. The highest BCUT2D eigenvalue weighted by Gasteiger charge is 2.21. The molecule has 1 saturated heterocycles. The maximum atomic E-state index is 11.7. The molecule has 18 heavy (non-hydrogen) atoms. The third-order valence-electron chi connectivity index (χ3n) is 3.70. The van der Waals surface area contributed by atoms with Gasteiger partial charge >= 0.3 is 0 Å². The Morgan fingerprint density at radius 2 is 2.17 bits per heavy atom. The molecule has 0 aliphatic carbocycles. The van der Waals surface area contributed by atoms with Crippen molar-refractivity contribution in [2.24, 2.45) is 0 Å². The molecule has 3 rings (SSSR count). The number of piperidine rings is 1. The highest BCUT2D eigenvalue weighted by atomic mass is 32.2. The summed E-state index contributed by atoms with van der Waals surface area (Å²) in [6.45, 7) is 1.10. The molecule has 0 spiro atoms. The SMILES string of the molecule is O=S1(=O)C=Cc2cc(CC3CCCCN3)ccc21. The highest BCUT2D eigenvalue weighted by Crippen LogP contribution is 2.28. The van der Waals surface area contributed by atoms with Gasteiger partial charge in [-0.3, -0.25) is 0 Å². The van der Waals surface area contributed by atoms with Crippen molar-refractivity contribution in [1.82, 2.24) is 5.32 Å². The molecule has 1 aromatic carbocycles. The molecule has 0 amide bonds. The van der Waals surface area contributed by atoms with Crippen molar-refractivity contribution in [3.8, 4) is 0 Å². The summed E-state index contributed by atoms with van der Waals surface area (Å²) in [6.07, 6.45) is 6.45. The number of nitrogens with one attached hydrogen (secondary N) is 1. The van der Waals surface area contributed by atoms with Gasteiger partial charge in [0.25, 0.3) is 0 Å². The lowest BCUT2D eigenvalue weighted by atomic mass is 9.97. The zero-order valence-corrected chi connectivity index (χ0v) is 11.0. The third-order valence-corrected chi connectivity index (χ3v) is 5.18. The average Bonchev–Trinajstić information content (AvgIpc) is 2.66. The molecule has 1 unspecified atom stereocenters. The maximum Gasteiger partial charge on any atom is 0.200 e. The second kappa shape index (κ2) is 4.52. The summed E-state index contributed by atoms with van der Waals surface area (Å²) in [5.41, 5.74) is 2.05. The summed E-state index contributed by atoms with van der Waals surface area (Å²) in [4.78, 5) is 0.447. The molecule has 0 radical (unpaired) electrons. The second-order valence-corrected chi connectivity index (χ2v) is 6.87. The van der Waals surface area contributed by atoms with Crippen LogP contribution < -0.4 is 5.32 Å². The summed E-state index contributed by atoms with van der Waals surface area (Å²) in [6, 6.07) is 6.23. The average molecular weight is 263 g/mol. The molecular weight excluding hydrogens is 246 g/mol. The Labute approximate surface area is 108 Å². The van der Waals surface area contributed by atoms with E-state index in [0.29, 0.717) is 10.9 Å². The van der Waals surface area contributed by atoms with Crippen LogP contribution in [0.3, 0.4) is 0 Å². The van der Waals surface area contributed by atoms with Crippen LogP contribution in [0, 0.1) is 0 Å². The highest BCUT2D eigenvalue weighted by molar-refractivity contribution is 7.94. The minimum atomic E-state index is -3.15. The summed E-state index contributed by atoms with van der Waals surface area (Å²) in [5.74, 6) is 0.